The van der Waals surface area contributed by atoms with E-state index in [0.717, 1.165) is 38.2 Å². The molecule has 2 aromatic carbocycles. The van der Waals surface area contributed by atoms with Gasteiger partial charge in [-0.25, -0.2) is 4.39 Å². The van der Waals surface area contributed by atoms with E-state index in [0.29, 0.717) is 31.5 Å². The number of hydrogen-bond acceptors (Lipinski definition) is 14. The summed E-state index contributed by atoms with van der Waals surface area (Å²) in [6.45, 7) is 20.5. The first-order valence-corrected chi connectivity index (χ1v) is 34.7. The number of rotatable bonds is 15. The molecule has 0 spiro atoms. The first-order valence-electron chi connectivity index (χ1n) is 34.7. The molecule has 2 heterocycles. The minimum absolute atomic E-state index is 0.0295. The van der Waals surface area contributed by atoms with Crippen LogP contribution in [0.15, 0.2) is 48.5 Å². The van der Waals surface area contributed by atoms with Gasteiger partial charge < -0.3 is 70.7 Å². The van der Waals surface area contributed by atoms with E-state index < -0.39 is 174 Å². The predicted molar refractivity (Wildman–Crippen MR) is 372 cm³/mol. The molecule has 26 nitrogen and oxygen atoms in total. The number of nitrogens with one attached hydrogen (secondary N) is 4. The molecule has 11 atom stereocenters. The van der Waals surface area contributed by atoms with Gasteiger partial charge in [0.1, 0.15) is 60.4 Å². The van der Waals surface area contributed by atoms with Gasteiger partial charge in [-0.1, -0.05) is 106 Å². The first-order chi connectivity index (χ1) is 46.2. The van der Waals surface area contributed by atoms with Gasteiger partial charge >= 0.3 is 0 Å². The van der Waals surface area contributed by atoms with Crippen molar-refractivity contribution < 1.29 is 72.1 Å². The third-order valence-corrected chi connectivity index (χ3v) is 18.8. The number of carbonyl (C=O) groups is 12. The Labute approximate surface area is 584 Å². The molecule has 4 rings (SSSR count). The van der Waals surface area contributed by atoms with E-state index >= 15 is 28.4 Å². The van der Waals surface area contributed by atoms with Crippen molar-refractivity contribution in [2.75, 3.05) is 69.0 Å². The van der Waals surface area contributed by atoms with Gasteiger partial charge in [0, 0.05) is 75.3 Å². The third-order valence-electron chi connectivity index (χ3n) is 18.8. The summed E-state index contributed by atoms with van der Waals surface area (Å²) in [4.78, 5) is 188. The number of hydrogen-bond donors (Lipinski definition) is 6. The van der Waals surface area contributed by atoms with Crippen molar-refractivity contribution in [3.63, 3.8) is 0 Å². The van der Waals surface area contributed by atoms with Crippen LogP contribution in [0.5, 0.6) is 5.75 Å². The molecule has 2 aromatic rings. The van der Waals surface area contributed by atoms with Gasteiger partial charge in [-0.3, -0.25) is 57.5 Å². The fraction of sp³-hybridized carbons (Fsp3) is 0.667. The summed E-state index contributed by atoms with van der Waals surface area (Å²) in [5, 5.41) is 32.4. The van der Waals surface area contributed by atoms with Crippen LogP contribution in [0.2, 0.25) is 0 Å². The van der Waals surface area contributed by atoms with Crippen molar-refractivity contribution >= 4 is 70.9 Å². The number of piperidine rings is 1. The Hall–Kier alpha value is -8.23. The highest BCUT2D eigenvalue weighted by molar-refractivity contribution is 6.00. The van der Waals surface area contributed by atoms with E-state index in [1.807, 2.05) is 41.5 Å². The van der Waals surface area contributed by atoms with Crippen LogP contribution < -0.4 is 21.3 Å². The lowest BCUT2D eigenvalue weighted by atomic mass is 9.95. The number of benzene rings is 2. The largest absolute Gasteiger partial charge is 0.505 e. The van der Waals surface area contributed by atoms with Crippen molar-refractivity contribution in [1.29, 1.82) is 0 Å². The highest BCUT2D eigenvalue weighted by Crippen LogP contribution is 2.25. The Balaban J connectivity index is 1.97. The van der Waals surface area contributed by atoms with Crippen LogP contribution in [-0.2, 0) is 70.4 Å². The van der Waals surface area contributed by atoms with Gasteiger partial charge in [0.25, 0.3) is 0 Å². The number of aromatic hydroxyl groups is 1. The standard InChI is InChI=1S/C72H113FN12O14/c1-41(2)32-53-64(91)75-52(68(95)85-30-24-21-25-31-85)39-59(88)79(14)46(11)63(90)74-51(37-49-28-29-58(87)50(73)36-49)67(94)83(18)56(35-44(7)8)69(96)81(16)54(33-42(3)4)65(92)76-61(45(9)10)72(99)84(19)57(38-48-26-22-20-23-27-48)70(97)82(17)55(34-43(5)6)66(93)77-62(47(12)86)71(98)78(13)40-60(89)80(53)15/h20,22-23,26-29,36,41-47,51-57,61-62,86-87H,21,24-25,30-35,37-40H2,1-19H3,(H,74,90)(H,75,91)(H,76,92)(H,77,93)/t46-,47+,51-,52-,53-,54-,55-,56-,57-,61-,62-/m0/s1. The smallest absolute Gasteiger partial charge is 0.248 e. The van der Waals surface area contributed by atoms with Crippen LogP contribution >= 0.6 is 0 Å². The van der Waals surface area contributed by atoms with Crippen LogP contribution in [-0.4, -0.2) is 256 Å². The van der Waals surface area contributed by atoms with Gasteiger partial charge in [-0.05, 0) is 112 Å². The van der Waals surface area contributed by atoms with Crippen molar-refractivity contribution in [1.82, 2.24) is 60.5 Å². The van der Waals surface area contributed by atoms with Gasteiger partial charge in [0.2, 0.25) is 70.9 Å². The van der Waals surface area contributed by atoms with E-state index in [-0.39, 0.29) is 61.3 Å². The maximum atomic E-state index is 15.4. The molecule has 6 N–H and O–H groups in total. The summed E-state index contributed by atoms with van der Waals surface area (Å²) in [5.41, 5.74) is 0.785. The number of aliphatic hydroxyl groups excluding tert-OH is 1. The van der Waals surface area contributed by atoms with Gasteiger partial charge in [0.15, 0.2) is 11.6 Å². The maximum absolute atomic E-state index is 15.4. The Morgan fingerprint density at radius 3 is 1.45 bits per heavy atom. The molecule has 2 aliphatic heterocycles. The average Bonchev–Trinajstić information content (AvgIpc) is 0.814. The van der Waals surface area contributed by atoms with Crippen LogP contribution in [0.4, 0.5) is 4.39 Å². The highest BCUT2D eigenvalue weighted by Gasteiger charge is 2.44. The average molecular weight is 1390 g/mol. The molecule has 0 radical (unpaired) electrons. The Kier molecular flexibility index (Phi) is 31.8. The van der Waals surface area contributed by atoms with Gasteiger partial charge in [-0.2, -0.15) is 0 Å². The van der Waals surface area contributed by atoms with Crippen molar-refractivity contribution in [2.45, 2.75) is 214 Å². The maximum Gasteiger partial charge on any atom is 0.248 e. The van der Waals surface area contributed by atoms with Gasteiger partial charge in [0.05, 0.1) is 19.1 Å². The summed E-state index contributed by atoms with van der Waals surface area (Å²) in [6, 6.07) is -1.79. The molecule has 0 saturated carbocycles. The normalized spacial score (nSPS) is 25.3. The monoisotopic (exact) mass is 1390 g/mol. The first kappa shape index (κ1) is 83.2. The molecule has 12 amide bonds. The minimum atomic E-state index is -1.68. The van der Waals surface area contributed by atoms with E-state index in [9.17, 15) is 43.8 Å². The second kappa shape index (κ2) is 37.8. The van der Waals surface area contributed by atoms with Crippen LogP contribution in [0.25, 0.3) is 0 Å². The molecule has 0 aliphatic carbocycles. The fourth-order valence-corrected chi connectivity index (χ4v) is 12.4. The second-order valence-electron chi connectivity index (χ2n) is 29.1. The Morgan fingerprint density at radius 1 is 0.495 bits per heavy atom. The molecule has 2 saturated heterocycles. The highest BCUT2D eigenvalue weighted by atomic mass is 19.1. The fourth-order valence-electron chi connectivity index (χ4n) is 12.4. The number of amides is 12. The molecule has 27 heteroatoms. The summed E-state index contributed by atoms with van der Waals surface area (Å²) in [7, 11) is 9.47. The summed E-state index contributed by atoms with van der Waals surface area (Å²) >= 11 is 0. The van der Waals surface area contributed by atoms with Gasteiger partial charge in [-0.15, -0.1) is 0 Å². The van der Waals surface area contributed by atoms with Crippen molar-refractivity contribution in [2.24, 2.45) is 29.6 Å². The number of nitrogens with zero attached hydrogens (tertiary/aromatic N) is 8. The topological polar surface area (TPSA) is 319 Å². The van der Waals surface area contributed by atoms with Crippen LogP contribution in [0, 0.1) is 35.4 Å². The lowest BCUT2D eigenvalue weighted by Gasteiger charge is -2.39. The number of likely N-dealkylation sites (N-methyl/N-ethyl adjacent to an activating group) is 7. The van der Waals surface area contributed by atoms with E-state index in [4.69, 9.17) is 0 Å². The third kappa shape index (κ3) is 23.2. The zero-order valence-electron chi connectivity index (χ0n) is 61.8. The summed E-state index contributed by atoms with van der Waals surface area (Å²) < 4.78 is 15.1. The number of aliphatic hydroxyl groups is 1. The minimum Gasteiger partial charge on any atom is -0.505 e. The van der Waals surface area contributed by atoms with E-state index in [2.05, 4.69) is 21.3 Å². The zero-order valence-corrected chi connectivity index (χ0v) is 61.8. The van der Waals surface area contributed by atoms with Crippen LogP contribution in [0.1, 0.15) is 146 Å². The molecular weight excluding hydrogens is 1280 g/mol. The second-order valence-corrected chi connectivity index (χ2v) is 29.1. The van der Waals surface area contributed by atoms with Crippen LogP contribution in [0.3, 0.4) is 0 Å². The summed E-state index contributed by atoms with van der Waals surface area (Å²) in [6.07, 6.45) is -0.412. The Morgan fingerprint density at radius 2 is 0.960 bits per heavy atom. The number of halogens is 1. The molecule has 2 aliphatic rings. The van der Waals surface area contributed by atoms with E-state index in [1.54, 1.807) is 58.0 Å². The molecule has 552 valence electrons. The molecular formula is C72H113FN12O14. The SMILES string of the molecule is CC(C)C[C@H]1C(=O)N[C@H](C(=O)N2CCCCC2)CC(=O)N(C)[C@@H](C)C(=O)N[C@@H](Cc2ccc(O)c(F)c2)C(=O)N(C)[C@@H](CC(C)C)C(=O)N(C)[C@@H](CC(C)C)C(=O)N[C@@H](C(C)C)C(=O)N(C)[C@@H](Cc2ccccc2)C(=O)N(C)[C@@H](CC(C)C)C(=O)N[C@@H]([C@@H](C)O)C(=O)N(C)CC(=O)N1C. The molecule has 0 unspecified atom stereocenters. The predicted octanol–water partition coefficient (Wildman–Crippen LogP) is 3.33. The van der Waals surface area contributed by atoms with Crippen molar-refractivity contribution in [3.8, 4) is 5.75 Å². The number of carbonyl (C=O) groups excluding carboxylic acids is 12. The number of likely N-dealkylation sites (tertiary alicyclic amines) is 1. The summed E-state index contributed by atoms with van der Waals surface area (Å²) in [5.74, 6) is -12.6. The quantitative estimate of drug-likeness (QED) is 0.149. The molecule has 0 aromatic heterocycles. The van der Waals surface area contributed by atoms with E-state index in [1.165, 1.54) is 88.8 Å². The van der Waals surface area contributed by atoms with Crippen molar-refractivity contribution in [3.05, 3.63) is 65.5 Å². The molecule has 99 heavy (non-hydrogen) atoms. The zero-order chi connectivity index (χ0) is 74.8. The number of phenols is 1. The Bertz CT molecular complexity index is 3140. The lowest BCUT2D eigenvalue weighted by Crippen LogP contribution is -2.62. The lowest BCUT2D eigenvalue weighted by molar-refractivity contribution is -0.152. The number of phenolic OH excluding ortho intramolecular Hbond substituents is 1. The molecule has 2 fully saturated rings. The molecule has 0 bridgehead atoms.